The van der Waals surface area contributed by atoms with E-state index in [0.29, 0.717) is 10.6 Å². The number of rotatable bonds is 3. The fraction of sp³-hybridized carbons (Fsp3) is 0.167. The number of furan rings is 1. The SMILES string of the molecule is CC(c1ccc(F)cc1)N(C)C(=O)c1cc2cc(Cl)ccc2o1. The van der Waals surface area contributed by atoms with Gasteiger partial charge < -0.3 is 9.32 Å². The van der Waals surface area contributed by atoms with E-state index in [1.165, 1.54) is 12.1 Å². The van der Waals surface area contributed by atoms with Crippen LogP contribution in [0.1, 0.15) is 29.1 Å². The van der Waals surface area contributed by atoms with Gasteiger partial charge in [-0.05, 0) is 48.9 Å². The number of nitrogens with zero attached hydrogens (tertiary/aromatic N) is 1. The molecule has 118 valence electrons. The fourth-order valence-corrected chi connectivity index (χ4v) is 2.61. The molecule has 0 N–H and O–H groups in total. The molecule has 0 aliphatic rings. The molecule has 1 unspecified atom stereocenters. The molecule has 5 heteroatoms. The summed E-state index contributed by atoms with van der Waals surface area (Å²) in [5, 5.41) is 1.37. The summed E-state index contributed by atoms with van der Waals surface area (Å²) in [5.74, 6) is -0.294. The maximum Gasteiger partial charge on any atom is 0.289 e. The molecule has 0 radical (unpaired) electrons. The van der Waals surface area contributed by atoms with E-state index in [0.717, 1.165) is 10.9 Å². The van der Waals surface area contributed by atoms with E-state index in [2.05, 4.69) is 0 Å². The van der Waals surface area contributed by atoms with Crippen molar-refractivity contribution < 1.29 is 13.6 Å². The lowest BCUT2D eigenvalue weighted by atomic mass is 10.1. The molecule has 1 amide bonds. The second kappa shape index (κ2) is 6.05. The molecule has 0 aliphatic heterocycles. The zero-order chi connectivity index (χ0) is 16.6. The average Bonchev–Trinajstić information content (AvgIpc) is 2.96. The Hall–Kier alpha value is -2.33. The lowest BCUT2D eigenvalue weighted by Gasteiger charge is -2.24. The molecular weight excluding hydrogens is 317 g/mol. The van der Waals surface area contributed by atoms with Gasteiger partial charge in [-0.3, -0.25) is 4.79 Å². The van der Waals surface area contributed by atoms with E-state index >= 15 is 0 Å². The second-order valence-corrected chi connectivity index (χ2v) is 5.87. The molecule has 1 aromatic heterocycles. The van der Waals surface area contributed by atoms with Gasteiger partial charge in [-0.25, -0.2) is 4.39 Å². The molecular formula is C18H15ClFNO2. The van der Waals surface area contributed by atoms with E-state index in [1.54, 1.807) is 48.3 Å². The van der Waals surface area contributed by atoms with Gasteiger partial charge in [0.15, 0.2) is 5.76 Å². The summed E-state index contributed by atoms with van der Waals surface area (Å²) < 4.78 is 18.6. The molecule has 3 aromatic rings. The molecule has 3 nitrogen and oxygen atoms in total. The number of hydrogen-bond acceptors (Lipinski definition) is 2. The number of fused-ring (bicyclic) bond motifs is 1. The van der Waals surface area contributed by atoms with Gasteiger partial charge in [0.25, 0.3) is 5.91 Å². The molecule has 3 rings (SSSR count). The van der Waals surface area contributed by atoms with Crippen molar-refractivity contribution in [2.45, 2.75) is 13.0 Å². The highest BCUT2D eigenvalue weighted by atomic mass is 35.5. The maximum absolute atomic E-state index is 13.0. The van der Waals surface area contributed by atoms with Crippen molar-refractivity contribution in [1.82, 2.24) is 4.90 Å². The summed E-state index contributed by atoms with van der Waals surface area (Å²) in [4.78, 5) is 14.2. The van der Waals surface area contributed by atoms with Crippen molar-refractivity contribution in [3.05, 3.63) is 70.7 Å². The number of benzene rings is 2. The van der Waals surface area contributed by atoms with Gasteiger partial charge in [-0.15, -0.1) is 0 Å². The van der Waals surface area contributed by atoms with Crippen LogP contribution < -0.4 is 0 Å². The van der Waals surface area contributed by atoms with E-state index < -0.39 is 0 Å². The Labute approximate surface area is 138 Å². The first kappa shape index (κ1) is 15.6. The van der Waals surface area contributed by atoms with Crippen LogP contribution in [0.2, 0.25) is 5.02 Å². The van der Waals surface area contributed by atoms with Crippen molar-refractivity contribution in [1.29, 1.82) is 0 Å². The summed E-state index contributed by atoms with van der Waals surface area (Å²) >= 11 is 5.95. The molecule has 2 aromatic carbocycles. The molecule has 0 fully saturated rings. The molecule has 0 spiro atoms. The largest absolute Gasteiger partial charge is 0.451 e. The highest BCUT2D eigenvalue weighted by Crippen LogP contribution is 2.26. The Balaban J connectivity index is 1.86. The lowest BCUT2D eigenvalue weighted by Crippen LogP contribution is -2.29. The van der Waals surface area contributed by atoms with E-state index in [1.807, 2.05) is 6.92 Å². The number of halogens is 2. The smallest absolute Gasteiger partial charge is 0.289 e. The third-order valence-electron chi connectivity index (χ3n) is 3.94. The maximum atomic E-state index is 13.0. The minimum Gasteiger partial charge on any atom is -0.451 e. The van der Waals surface area contributed by atoms with Crippen LogP contribution in [0.25, 0.3) is 11.0 Å². The van der Waals surface area contributed by atoms with Gasteiger partial charge in [0.05, 0.1) is 6.04 Å². The van der Waals surface area contributed by atoms with Crippen molar-refractivity contribution in [3.8, 4) is 0 Å². The van der Waals surface area contributed by atoms with Crippen LogP contribution in [-0.2, 0) is 0 Å². The van der Waals surface area contributed by atoms with Gasteiger partial charge >= 0.3 is 0 Å². The third kappa shape index (κ3) is 3.08. The summed E-state index contributed by atoms with van der Waals surface area (Å²) in [5.41, 5.74) is 1.46. The van der Waals surface area contributed by atoms with E-state index in [9.17, 15) is 9.18 Å². The summed E-state index contributed by atoms with van der Waals surface area (Å²) in [6.07, 6.45) is 0. The minimum absolute atomic E-state index is 0.208. The predicted molar refractivity (Wildman–Crippen MR) is 88.1 cm³/mol. The summed E-state index contributed by atoms with van der Waals surface area (Å²) in [6.45, 7) is 1.88. The minimum atomic E-state index is -0.302. The van der Waals surface area contributed by atoms with Crippen LogP contribution in [0.5, 0.6) is 0 Å². The number of carbonyl (C=O) groups is 1. The third-order valence-corrected chi connectivity index (χ3v) is 4.18. The monoisotopic (exact) mass is 331 g/mol. The number of hydrogen-bond donors (Lipinski definition) is 0. The zero-order valence-electron chi connectivity index (χ0n) is 12.7. The molecule has 0 aliphatic carbocycles. The Morgan fingerprint density at radius 2 is 1.87 bits per heavy atom. The van der Waals surface area contributed by atoms with Crippen LogP contribution in [0.4, 0.5) is 4.39 Å². The fourth-order valence-electron chi connectivity index (χ4n) is 2.43. The van der Waals surface area contributed by atoms with Crippen LogP contribution in [0, 0.1) is 5.82 Å². The Kier molecular flexibility index (Phi) is 4.09. The first-order valence-electron chi connectivity index (χ1n) is 7.17. The second-order valence-electron chi connectivity index (χ2n) is 5.44. The Morgan fingerprint density at radius 1 is 1.17 bits per heavy atom. The number of amides is 1. The highest BCUT2D eigenvalue weighted by molar-refractivity contribution is 6.31. The summed E-state index contributed by atoms with van der Waals surface area (Å²) in [7, 11) is 1.69. The highest BCUT2D eigenvalue weighted by Gasteiger charge is 2.22. The van der Waals surface area contributed by atoms with Crippen molar-refractivity contribution in [2.24, 2.45) is 0 Å². The molecule has 0 saturated carbocycles. The van der Waals surface area contributed by atoms with Gasteiger partial charge in [0.1, 0.15) is 11.4 Å². The molecule has 0 saturated heterocycles. The van der Waals surface area contributed by atoms with Crippen LogP contribution in [-0.4, -0.2) is 17.9 Å². The van der Waals surface area contributed by atoms with Crippen molar-refractivity contribution in [3.63, 3.8) is 0 Å². The Bertz CT molecular complexity index is 857. The topological polar surface area (TPSA) is 33.5 Å². The van der Waals surface area contributed by atoms with E-state index in [-0.39, 0.29) is 23.5 Å². The van der Waals surface area contributed by atoms with Crippen LogP contribution in [0.15, 0.2) is 52.9 Å². The van der Waals surface area contributed by atoms with Crippen molar-refractivity contribution in [2.75, 3.05) is 7.05 Å². The van der Waals surface area contributed by atoms with Gasteiger partial charge in [-0.2, -0.15) is 0 Å². The molecule has 1 heterocycles. The zero-order valence-corrected chi connectivity index (χ0v) is 13.5. The Morgan fingerprint density at radius 3 is 2.57 bits per heavy atom. The van der Waals surface area contributed by atoms with Gasteiger partial charge in [-0.1, -0.05) is 23.7 Å². The standard InChI is InChI=1S/C18H15ClFNO2/c1-11(12-3-6-15(20)7-4-12)21(2)18(22)17-10-13-9-14(19)5-8-16(13)23-17/h3-11H,1-2H3. The first-order valence-corrected chi connectivity index (χ1v) is 7.55. The molecule has 1 atom stereocenters. The lowest BCUT2D eigenvalue weighted by molar-refractivity contribution is 0.0713. The quantitative estimate of drug-likeness (QED) is 0.672. The molecule has 0 bridgehead atoms. The van der Waals surface area contributed by atoms with E-state index in [4.69, 9.17) is 16.0 Å². The van der Waals surface area contributed by atoms with Crippen molar-refractivity contribution >= 4 is 28.5 Å². The van der Waals surface area contributed by atoms with Crippen LogP contribution >= 0.6 is 11.6 Å². The predicted octanol–water partition coefficient (Wildman–Crippen LogP) is 5.06. The van der Waals surface area contributed by atoms with Crippen LogP contribution in [0.3, 0.4) is 0 Å². The van der Waals surface area contributed by atoms with Gasteiger partial charge in [0.2, 0.25) is 0 Å². The summed E-state index contributed by atoms with van der Waals surface area (Å²) in [6, 6.07) is 12.8. The van der Waals surface area contributed by atoms with Gasteiger partial charge in [0, 0.05) is 17.5 Å². The average molecular weight is 332 g/mol. The molecule has 23 heavy (non-hydrogen) atoms. The number of carbonyl (C=O) groups excluding carboxylic acids is 1. The first-order chi connectivity index (χ1) is 11.0. The normalized spacial score (nSPS) is 12.3.